The number of benzene rings is 2. The second-order valence-corrected chi connectivity index (χ2v) is 7.30. The van der Waals surface area contributed by atoms with Gasteiger partial charge in [-0.15, -0.1) is 0 Å². The van der Waals surface area contributed by atoms with E-state index in [4.69, 9.17) is 4.74 Å². The Bertz CT molecular complexity index is 992. The lowest BCUT2D eigenvalue weighted by atomic mass is 10.1. The van der Waals surface area contributed by atoms with Crippen LogP contribution in [0.5, 0.6) is 11.5 Å². The van der Waals surface area contributed by atoms with Gasteiger partial charge in [0.15, 0.2) is 0 Å². The first-order chi connectivity index (χ1) is 12.8. The Kier molecular flexibility index (Phi) is 5.17. The molecule has 0 bridgehead atoms. The summed E-state index contributed by atoms with van der Waals surface area (Å²) in [5.41, 5.74) is 2.21. The van der Waals surface area contributed by atoms with Gasteiger partial charge in [-0.2, -0.15) is 0 Å². The number of phenolic OH excluding ortho intramolecular Hbond substituents is 1. The van der Waals surface area contributed by atoms with Crippen LogP contribution in [0.3, 0.4) is 0 Å². The maximum Gasteiger partial charge on any atom is 0.255 e. The normalized spacial score (nSPS) is 11.7. The van der Waals surface area contributed by atoms with Gasteiger partial charge >= 0.3 is 0 Å². The van der Waals surface area contributed by atoms with E-state index in [1.807, 2.05) is 63.3 Å². The molecule has 3 rings (SSSR count). The first-order valence-corrected chi connectivity index (χ1v) is 8.79. The van der Waals surface area contributed by atoms with E-state index < -0.39 is 0 Å². The van der Waals surface area contributed by atoms with Crippen LogP contribution in [-0.4, -0.2) is 15.3 Å². The Labute approximate surface area is 159 Å². The fraction of sp³-hybridized carbons (Fsp3) is 0.174. The van der Waals surface area contributed by atoms with Crippen molar-refractivity contribution in [3.05, 3.63) is 88.3 Å². The van der Waals surface area contributed by atoms with Crippen molar-refractivity contribution in [2.75, 3.05) is 0 Å². The van der Waals surface area contributed by atoms with Gasteiger partial charge in [-0.25, -0.2) is 0 Å². The highest BCUT2D eigenvalue weighted by molar-refractivity contribution is 5.69. The van der Waals surface area contributed by atoms with E-state index in [-0.39, 0.29) is 16.9 Å². The second kappa shape index (κ2) is 7.54. The number of rotatable bonds is 4. The third kappa shape index (κ3) is 5.11. The SMILES string of the molecule is CC(C)(C)Oc1ccc(/C=C/c2ccn(-c3ccc(O)cc3)c(=O)c2)cc1. The number of nitrogens with zero attached hydrogens (tertiary/aromatic N) is 1. The van der Waals surface area contributed by atoms with Crippen LogP contribution in [0.1, 0.15) is 31.9 Å². The van der Waals surface area contributed by atoms with Crippen LogP contribution in [0.4, 0.5) is 0 Å². The monoisotopic (exact) mass is 361 g/mol. The number of phenols is 1. The smallest absolute Gasteiger partial charge is 0.255 e. The molecule has 0 saturated carbocycles. The first kappa shape index (κ1) is 18.5. The van der Waals surface area contributed by atoms with Crippen molar-refractivity contribution in [3.8, 4) is 17.2 Å². The Hall–Kier alpha value is -3.27. The summed E-state index contributed by atoms with van der Waals surface area (Å²) in [6.45, 7) is 6.05. The van der Waals surface area contributed by atoms with E-state index in [9.17, 15) is 9.90 Å². The number of aromatic hydroxyl groups is 1. The van der Waals surface area contributed by atoms with Crippen molar-refractivity contribution in [2.45, 2.75) is 26.4 Å². The third-order valence-electron chi connectivity index (χ3n) is 3.84. The van der Waals surface area contributed by atoms with Crippen molar-refractivity contribution in [3.63, 3.8) is 0 Å². The van der Waals surface area contributed by atoms with E-state index in [0.717, 1.165) is 16.9 Å². The quantitative estimate of drug-likeness (QED) is 0.720. The van der Waals surface area contributed by atoms with Gasteiger partial charge in [-0.05, 0) is 74.4 Å². The Morgan fingerprint density at radius 3 is 2.11 bits per heavy atom. The summed E-state index contributed by atoms with van der Waals surface area (Å²) in [5.74, 6) is 1.00. The summed E-state index contributed by atoms with van der Waals surface area (Å²) >= 11 is 0. The first-order valence-electron chi connectivity index (χ1n) is 8.79. The summed E-state index contributed by atoms with van der Waals surface area (Å²) in [7, 11) is 0. The molecule has 138 valence electrons. The van der Waals surface area contributed by atoms with Crippen LogP contribution in [0.15, 0.2) is 71.7 Å². The van der Waals surface area contributed by atoms with Gasteiger partial charge in [0.2, 0.25) is 0 Å². The van der Waals surface area contributed by atoms with Gasteiger partial charge in [0.05, 0.1) is 0 Å². The zero-order valence-electron chi connectivity index (χ0n) is 15.7. The molecule has 0 atom stereocenters. The average Bonchev–Trinajstić information content (AvgIpc) is 2.61. The molecule has 2 aromatic carbocycles. The molecule has 4 nitrogen and oxygen atoms in total. The van der Waals surface area contributed by atoms with E-state index >= 15 is 0 Å². The molecular weight excluding hydrogens is 338 g/mol. The summed E-state index contributed by atoms with van der Waals surface area (Å²) in [4.78, 5) is 12.4. The fourth-order valence-electron chi connectivity index (χ4n) is 2.62. The molecule has 0 aliphatic heterocycles. The minimum absolute atomic E-state index is 0.128. The predicted molar refractivity (Wildman–Crippen MR) is 109 cm³/mol. The molecule has 1 heterocycles. The summed E-state index contributed by atoms with van der Waals surface area (Å²) in [6, 6.07) is 17.8. The van der Waals surface area contributed by atoms with E-state index in [1.54, 1.807) is 36.5 Å². The molecule has 0 radical (unpaired) electrons. The highest BCUT2D eigenvalue weighted by Crippen LogP contribution is 2.19. The van der Waals surface area contributed by atoms with Gasteiger partial charge in [0.25, 0.3) is 5.56 Å². The minimum atomic E-state index is -0.223. The minimum Gasteiger partial charge on any atom is -0.508 e. The highest BCUT2D eigenvalue weighted by atomic mass is 16.5. The molecule has 27 heavy (non-hydrogen) atoms. The van der Waals surface area contributed by atoms with Crippen molar-refractivity contribution in [2.24, 2.45) is 0 Å². The maximum absolute atomic E-state index is 12.4. The number of hydrogen-bond acceptors (Lipinski definition) is 3. The lowest BCUT2D eigenvalue weighted by Gasteiger charge is -2.21. The molecule has 1 aromatic heterocycles. The third-order valence-corrected chi connectivity index (χ3v) is 3.84. The highest BCUT2D eigenvalue weighted by Gasteiger charge is 2.11. The molecule has 1 N–H and O–H groups in total. The molecule has 0 fully saturated rings. The molecule has 3 aromatic rings. The Morgan fingerprint density at radius 1 is 0.889 bits per heavy atom. The van der Waals surface area contributed by atoms with E-state index in [1.165, 1.54) is 4.57 Å². The zero-order chi connectivity index (χ0) is 19.4. The van der Waals surface area contributed by atoms with Crippen molar-refractivity contribution >= 4 is 12.2 Å². The second-order valence-electron chi connectivity index (χ2n) is 7.30. The summed E-state index contributed by atoms with van der Waals surface area (Å²) < 4.78 is 7.35. The molecule has 0 amide bonds. The molecular formula is C23H23NO3. The number of hydrogen-bond donors (Lipinski definition) is 1. The molecule has 4 heteroatoms. The fourth-order valence-corrected chi connectivity index (χ4v) is 2.62. The van der Waals surface area contributed by atoms with Crippen LogP contribution in [-0.2, 0) is 0 Å². The molecule has 0 unspecified atom stereocenters. The Morgan fingerprint density at radius 2 is 1.52 bits per heavy atom. The summed E-state index contributed by atoms with van der Waals surface area (Å²) in [5, 5.41) is 9.36. The van der Waals surface area contributed by atoms with Crippen LogP contribution in [0, 0.1) is 0 Å². The van der Waals surface area contributed by atoms with Gasteiger partial charge in [-0.1, -0.05) is 24.3 Å². The van der Waals surface area contributed by atoms with Gasteiger partial charge in [0.1, 0.15) is 17.1 Å². The van der Waals surface area contributed by atoms with Crippen LogP contribution < -0.4 is 10.3 Å². The number of aromatic nitrogens is 1. The lowest BCUT2D eigenvalue weighted by Crippen LogP contribution is -2.22. The van der Waals surface area contributed by atoms with Crippen LogP contribution in [0.2, 0.25) is 0 Å². The van der Waals surface area contributed by atoms with E-state index in [0.29, 0.717) is 5.69 Å². The molecule has 0 aliphatic carbocycles. The number of ether oxygens (including phenoxy) is 1. The maximum atomic E-state index is 12.4. The van der Waals surface area contributed by atoms with Crippen LogP contribution >= 0.6 is 0 Å². The Balaban J connectivity index is 1.75. The standard InChI is InChI=1S/C23H23NO3/c1-23(2,3)27-21-12-6-17(7-13-21)4-5-18-14-15-24(22(26)16-18)19-8-10-20(25)11-9-19/h4-16,25H,1-3H3/b5-4+. The van der Waals surface area contributed by atoms with Crippen molar-refractivity contribution < 1.29 is 9.84 Å². The predicted octanol–water partition coefficient (Wildman–Crippen LogP) is 4.89. The van der Waals surface area contributed by atoms with Gasteiger partial charge < -0.3 is 9.84 Å². The topological polar surface area (TPSA) is 51.5 Å². The molecule has 0 saturated heterocycles. The van der Waals surface area contributed by atoms with E-state index in [2.05, 4.69) is 0 Å². The van der Waals surface area contributed by atoms with Gasteiger partial charge in [0, 0.05) is 18.0 Å². The molecule has 0 aliphatic rings. The largest absolute Gasteiger partial charge is 0.508 e. The zero-order valence-corrected chi connectivity index (χ0v) is 15.7. The van der Waals surface area contributed by atoms with Crippen LogP contribution in [0.25, 0.3) is 17.8 Å². The van der Waals surface area contributed by atoms with Crippen molar-refractivity contribution in [1.82, 2.24) is 4.57 Å². The number of pyridine rings is 1. The van der Waals surface area contributed by atoms with Crippen molar-refractivity contribution in [1.29, 1.82) is 0 Å². The lowest BCUT2D eigenvalue weighted by molar-refractivity contribution is 0.131. The van der Waals surface area contributed by atoms with Gasteiger partial charge in [-0.3, -0.25) is 9.36 Å². The average molecular weight is 361 g/mol. The molecule has 0 spiro atoms. The summed E-state index contributed by atoms with van der Waals surface area (Å²) in [6.07, 6.45) is 5.59.